The largest absolute Gasteiger partial charge is 0.453 e. The molecular formula is C24H17N5O4. The van der Waals surface area contributed by atoms with Gasteiger partial charge in [0.1, 0.15) is 23.8 Å². The van der Waals surface area contributed by atoms with Crippen molar-refractivity contribution < 1.29 is 19.1 Å². The molecule has 1 amide bonds. The van der Waals surface area contributed by atoms with E-state index in [0.29, 0.717) is 11.1 Å². The van der Waals surface area contributed by atoms with Gasteiger partial charge in [-0.3, -0.25) is 14.6 Å². The van der Waals surface area contributed by atoms with Crippen molar-refractivity contribution in [1.29, 1.82) is 5.26 Å². The average Bonchev–Trinajstić information content (AvgIpc) is 3.19. The van der Waals surface area contributed by atoms with Crippen LogP contribution in [0.1, 0.15) is 37.9 Å². The Kier molecular flexibility index (Phi) is 5.91. The number of hydrogen-bond acceptors (Lipinski definition) is 8. The maximum absolute atomic E-state index is 13.5. The van der Waals surface area contributed by atoms with Crippen LogP contribution < -0.4 is 11.2 Å². The smallest absolute Gasteiger partial charge is 0.339 e. The number of hydrogen-bond donors (Lipinski definition) is 2. The van der Waals surface area contributed by atoms with Crippen molar-refractivity contribution in [2.24, 2.45) is 16.9 Å². The molecule has 3 aromatic rings. The maximum Gasteiger partial charge on any atom is 0.339 e. The minimum absolute atomic E-state index is 0.219. The number of nitrogens with zero attached hydrogens (tertiary/aromatic N) is 3. The number of benzene rings is 2. The summed E-state index contributed by atoms with van der Waals surface area (Å²) in [7, 11) is 0. The highest BCUT2D eigenvalue weighted by atomic mass is 16.5. The van der Waals surface area contributed by atoms with Gasteiger partial charge in [0, 0.05) is 23.5 Å². The number of esters is 1. The molecule has 3 N–H and O–H groups in total. The first kappa shape index (κ1) is 21.4. The lowest BCUT2D eigenvalue weighted by Gasteiger charge is -2.23. The zero-order chi connectivity index (χ0) is 23.4. The topological polar surface area (TPSA) is 148 Å². The van der Waals surface area contributed by atoms with Gasteiger partial charge in [-0.2, -0.15) is 10.4 Å². The summed E-state index contributed by atoms with van der Waals surface area (Å²) in [6.07, 6.45) is 1.75. The van der Waals surface area contributed by atoms with Crippen molar-refractivity contribution in [1.82, 2.24) is 4.98 Å². The predicted molar refractivity (Wildman–Crippen MR) is 118 cm³/mol. The molecule has 9 heteroatoms. The number of nitriles is 1. The molecule has 1 aliphatic heterocycles. The molecule has 1 aliphatic rings. The number of aromatic nitrogens is 1. The van der Waals surface area contributed by atoms with E-state index in [1.165, 1.54) is 36.7 Å². The second-order valence-corrected chi connectivity index (χ2v) is 7.12. The Balaban J connectivity index is 1.77. The molecule has 4 rings (SSSR count). The molecule has 0 saturated heterocycles. The molecule has 9 nitrogen and oxygen atoms in total. The van der Waals surface area contributed by atoms with Crippen LogP contribution in [-0.4, -0.2) is 28.4 Å². The Hall–Kier alpha value is -4.84. The summed E-state index contributed by atoms with van der Waals surface area (Å²) in [6.45, 7) is 0. The van der Waals surface area contributed by atoms with Crippen molar-refractivity contribution in [2.45, 2.75) is 6.10 Å². The Morgan fingerprint density at radius 1 is 1.09 bits per heavy atom. The third-order valence-electron chi connectivity index (χ3n) is 5.23. The van der Waals surface area contributed by atoms with Gasteiger partial charge < -0.3 is 15.9 Å². The molecule has 0 radical (unpaired) electrons. The standard InChI is InChI=1S/C24H17N5O4/c25-13-15-5-1-4-8-18(15)28-23(31)20(29-26)19(21(30)14-9-11-27-12-10-14)22-16-6-2-3-7-17(16)24(32)33-22/h1-12,19,22H,26H2,(H,28,31)/b29-20-/t19-,22-/m0/s1. The van der Waals surface area contributed by atoms with Gasteiger partial charge in [0.25, 0.3) is 5.91 Å². The lowest BCUT2D eigenvalue weighted by molar-refractivity contribution is -0.110. The first-order valence-electron chi connectivity index (χ1n) is 9.87. The SMILES string of the molecule is N#Cc1ccccc1NC(=O)/C(=N\N)[C@@H](C(=O)c1ccncc1)[C@H]1OC(=O)c2ccccc21. The number of ketones is 1. The van der Waals surface area contributed by atoms with Crippen molar-refractivity contribution in [3.63, 3.8) is 0 Å². The maximum atomic E-state index is 13.5. The first-order valence-corrected chi connectivity index (χ1v) is 9.87. The number of nitrogens with two attached hydrogens (primary N) is 1. The molecule has 0 aliphatic carbocycles. The number of fused-ring (bicyclic) bond motifs is 1. The minimum atomic E-state index is -1.33. The van der Waals surface area contributed by atoms with Crippen LogP contribution in [0.3, 0.4) is 0 Å². The highest BCUT2D eigenvalue weighted by molar-refractivity contribution is 6.47. The quantitative estimate of drug-likeness (QED) is 0.197. The van der Waals surface area contributed by atoms with E-state index in [1.54, 1.807) is 36.4 Å². The minimum Gasteiger partial charge on any atom is -0.453 e. The average molecular weight is 439 g/mol. The molecule has 2 heterocycles. The van der Waals surface area contributed by atoms with Crippen LogP contribution in [0, 0.1) is 17.2 Å². The van der Waals surface area contributed by atoms with Gasteiger partial charge in [-0.1, -0.05) is 30.3 Å². The molecule has 0 bridgehead atoms. The number of Topliss-reactive ketones (excluding diaryl/α,β-unsaturated/α-hetero) is 1. The fraction of sp³-hybridized carbons (Fsp3) is 0.0833. The van der Waals surface area contributed by atoms with Crippen LogP contribution in [0.4, 0.5) is 5.69 Å². The number of pyridine rings is 1. The predicted octanol–water partition coefficient (Wildman–Crippen LogP) is 2.62. The van der Waals surface area contributed by atoms with Crippen LogP contribution in [-0.2, 0) is 9.53 Å². The van der Waals surface area contributed by atoms with Crippen LogP contribution in [0.2, 0.25) is 0 Å². The van der Waals surface area contributed by atoms with Crippen LogP contribution in [0.5, 0.6) is 0 Å². The van der Waals surface area contributed by atoms with E-state index in [9.17, 15) is 19.6 Å². The van der Waals surface area contributed by atoms with Gasteiger partial charge in [-0.15, -0.1) is 0 Å². The number of rotatable bonds is 6. The number of carbonyl (C=O) groups is 3. The second kappa shape index (κ2) is 9.11. The highest BCUT2D eigenvalue weighted by Gasteiger charge is 2.45. The highest BCUT2D eigenvalue weighted by Crippen LogP contribution is 2.38. The number of amides is 1. The number of cyclic esters (lactones) is 1. The van der Waals surface area contributed by atoms with Crippen LogP contribution in [0.25, 0.3) is 0 Å². The molecule has 1 aromatic heterocycles. The van der Waals surface area contributed by atoms with E-state index in [4.69, 9.17) is 10.6 Å². The van der Waals surface area contributed by atoms with E-state index >= 15 is 0 Å². The van der Waals surface area contributed by atoms with Gasteiger partial charge in [-0.25, -0.2) is 4.79 Å². The molecule has 0 unspecified atom stereocenters. The lowest BCUT2D eigenvalue weighted by Crippen LogP contribution is -2.39. The Labute approximate surface area is 188 Å². The van der Waals surface area contributed by atoms with E-state index in [1.807, 2.05) is 6.07 Å². The molecule has 162 valence electrons. The van der Waals surface area contributed by atoms with Crippen molar-refractivity contribution >= 4 is 29.1 Å². The summed E-state index contributed by atoms with van der Waals surface area (Å²) in [6, 6.07) is 17.9. The third kappa shape index (κ3) is 4.05. The number of carbonyl (C=O) groups excluding carboxylic acids is 3. The molecule has 0 spiro atoms. The molecule has 2 atom stereocenters. The number of anilines is 1. The fourth-order valence-corrected chi connectivity index (χ4v) is 3.68. The molecule has 2 aromatic carbocycles. The summed E-state index contributed by atoms with van der Waals surface area (Å²) in [5.41, 5.74) is 1.07. The first-order chi connectivity index (χ1) is 16.0. The van der Waals surface area contributed by atoms with Gasteiger partial charge >= 0.3 is 5.97 Å². The lowest BCUT2D eigenvalue weighted by atomic mass is 9.84. The second-order valence-electron chi connectivity index (χ2n) is 7.12. The molecule has 33 heavy (non-hydrogen) atoms. The van der Waals surface area contributed by atoms with Gasteiger partial charge in [0.2, 0.25) is 0 Å². The number of nitrogens with one attached hydrogen (secondary N) is 1. The van der Waals surface area contributed by atoms with Crippen LogP contribution in [0.15, 0.2) is 78.2 Å². The van der Waals surface area contributed by atoms with E-state index in [0.717, 1.165) is 0 Å². The fourth-order valence-electron chi connectivity index (χ4n) is 3.68. The third-order valence-corrected chi connectivity index (χ3v) is 5.23. The van der Waals surface area contributed by atoms with Gasteiger partial charge in [-0.05, 0) is 30.3 Å². The van der Waals surface area contributed by atoms with E-state index in [2.05, 4.69) is 15.4 Å². The van der Waals surface area contributed by atoms with Crippen molar-refractivity contribution in [3.8, 4) is 6.07 Å². The van der Waals surface area contributed by atoms with Gasteiger partial charge in [0.05, 0.1) is 16.8 Å². The normalized spacial score (nSPS) is 15.7. The van der Waals surface area contributed by atoms with Gasteiger partial charge in [0.15, 0.2) is 5.78 Å². The summed E-state index contributed by atoms with van der Waals surface area (Å²) < 4.78 is 5.52. The molecular weight excluding hydrogens is 422 g/mol. The van der Waals surface area contributed by atoms with Crippen LogP contribution >= 0.6 is 0 Å². The summed E-state index contributed by atoms with van der Waals surface area (Å²) >= 11 is 0. The Morgan fingerprint density at radius 2 is 1.79 bits per heavy atom. The zero-order valence-electron chi connectivity index (χ0n) is 17.1. The van der Waals surface area contributed by atoms with Crippen molar-refractivity contribution in [2.75, 3.05) is 5.32 Å². The Morgan fingerprint density at radius 3 is 2.52 bits per heavy atom. The molecule has 0 saturated carbocycles. The van der Waals surface area contributed by atoms with E-state index < -0.39 is 29.7 Å². The number of hydrazone groups is 1. The monoisotopic (exact) mass is 439 g/mol. The Bertz CT molecular complexity index is 1310. The number of para-hydroxylation sites is 1. The van der Waals surface area contributed by atoms with Crippen molar-refractivity contribution in [3.05, 3.63) is 95.3 Å². The number of ether oxygens (including phenoxy) is 1. The van der Waals surface area contributed by atoms with E-state index in [-0.39, 0.29) is 22.5 Å². The molecule has 0 fully saturated rings. The zero-order valence-corrected chi connectivity index (χ0v) is 17.1. The summed E-state index contributed by atoms with van der Waals surface area (Å²) in [5, 5.41) is 15.5. The summed E-state index contributed by atoms with van der Waals surface area (Å²) in [4.78, 5) is 43.1. The summed E-state index contributed by atoms with van der Waals surface area (Å²) in [5.74, 6) is 2.32.